The summed E-state index contributed by atoms with van der Waals surface area (Å²) >= 11 is 0. The van der Waals surface area contributed by atoms with Crippen molar-refractivity contribution < 1.29 is 14.3 Å². The van der Waals surface area contributed by atoms with E-state index in [1.807, 2.05) is 6.92 Å². The van der Waals surface area contributed by atoms with Crippen LogP contribution in [0, 0.1) is 6.92 Å². The van der Waals surface area contributed by atoms with Gasteiger partial charge in [0.25, 0.3) is 5.91 Å². The number of unbranched alkanes of at least 4 members (excludes halogenated alkanes) is 1. The number of carbonyl (C=O) groups excluding carboxylic acids is 2. The average molecular weight is 282 g/mol. The molecule has 1 aromatic heterocycles. The minimum atomic E-state index is -0.867. The number of aryl methyl sites for hydroxylation is 2. The van der Waals surface area contributed by atoms with E-state index in [2.05, 4.69) is 10.4 Å². The molecule has 0 saturated carbocycles. The summed E-state index contributed by atoms with van der Waals surface area (Å²) in [7, 11) is 1.60. The SMILES string of the molecule is CCCCNC(=O)C(C)OC(=O)c1c(N)c(C)nn1C. The summed E-state index contributed by atoms with van der Waals surface area (Å²) < 4.78 is 6.47. The molecular weight excluding hydrogens is 260 g/mol. The van der Waals surface area contributed by atoms with Crippen molar-refractivity contribution in [2.24, 2.45) is 7.05 Å². The molecule has 7 heteroatoms. The molecule has 0 aliphatic heterocycles. The molecule has 0 spiro atoms. The van der Waals surface area contributed by atoms with E-state index in [-0.39, 0.29) is 17.3 Å². The van der Waals surface area contributed by atoms with Gasteiger partial charge in [0.1, 0.15) is 0 Å². The maximum atomic E-state index is 12.0. The number of ether oxygens (including phenoxy) is 1. The predicted molar refractivity (Wildman–Crippen MR) is 75.2 cm³/mol. The van der Waals surface area contributed by atoms with Crippen LogP contribution >= 0.6 is 0 Å². The highest BCUT2D eigenvalue weighted by atomic mass is 16.5. The topological polar surface area (TPSA) is 99.2 Å². The lowest BCUT2D eigenvalue weighted by atomic mass is 10.3. The fourth-order valence-electron chi connectivity index (χ4n) is 1.72. The van der Waals surface area contributed by atoms with E-state index >= 15 is 0 Å². The maximum Gasteiger partial charge on any atom is 0.359 e. The van der Waals surface area contributed by atoms with Gasteiger partial charge >= 0.3 is 5.97 Å². The van der Waals surface area contributed by atoms with E-state index in [0.29, 0.717) is 12.2 Å². The van der Waals surface area contributed by atoms with Gasteiger partial charge in [0.15, 0.2) is 11.8 Å². The number of anilines is 1. The van der Waals surface area contributed by atoms with E-state index in [1.165, 1.54) is 11.6 Å². The van der Waals surface area contributed by atoms with Crippen LogP contribution in [-0.2, 0) is 16.6 Å². The molecule has 1 amide bonds. The third-order valence-corrected chi connectivity index (χ3v) is 2.94. The molecule has 0 aromatic carbocycles. The molecule has 0 fully saturated rings. The summed E-state index contributed by atoms with van der Waals surface area (Å²) in [6, 6.07) is 0. The van der Waals surface area contributed by atoms with E-state index < -0.39 is 12.1 Å². The van der Waals surface area contributed by atoms with Gasteiger partial charge in [-0.15, -0.1) is 0 Å². The number of nitrogens with zero attached hydrogens (tertiary/aromatic N) is 2. The molecule has 1 aromatic rings. The van der Waals surface area contributed by atoms with E-state index in [0.717, 1.165) is 12.8 Å². The van der Waals surface area contributed by atoms with Gasteiger partial charge in [0.05, 0.1) is 11.4 Å². The van der Waals surface area contributed by atoms with Crippen molar-refractivity contribution in [3.8, 4) is 0 Å². The molecule has 0 saturated heterocycles. The van der Waals surface area contributed by atoms with Crippen molar-refractivity contribution in [3.63, 3.8) is 0 Å². The minimum absolute atomic E-state index is 0.163. The molecule has 7 nitrogen and oxygen atoms in total. The van der Waals surface area contributed by atoms with Gasteiger partial charge in [-0.3, -0.25) is 9.48 Å². The molecule has 1 heterocycles. The first kappa shape index (κ1) is 16.0. The highest BCUT2D eigenvalue weighted by molar-refractivity contribution is 5.95. The number of amides is 1. The zero-order chi connectivity index (χ0) is 15.3. The monoisotopic (exact) mass is 282 g/mol. The lowest BCUT2D eigenvalue weighted by Crippen LogP contribution is -2.36. The van der Waals surface area contributed by atoms with Crippen LogP contribution in [0.1, 0.15) is 42.9 Å². The summed E-state index contributed by atoms with van der Waals surface area (Å²) in [4.78, 5) is 23.7. The number of aromatic nitrogens is 2. The van der Waals surface area contributed by atoms with Crippen molar-refractivity contribution in [1.82, 2.24) is 15.1 Å². The number of hydrogen-bond donors (Lipinski definition) is 2. The van der Waals surface area contributed by atoms with Crippen LogP contribution in [0.2, 0.25) is 0 Å². The van der Waals surface area contributed by atoms with Gasteiger partial charge in [-0.25, -0.2) is 4.79 Å². The third-order valence-electron chi connectivity index (χ3n) is 2.94. The Labute approximate surface area is 118 Å². The van der Waals surface area contributed by atoms with Gasteiger partial charge in [0, 0.05) is 13.6 Å². The normalized spacial score (nSPS) is 12.0. The summed E-state index contributed by atoms with van der Waals surface area (Å²) in [5.74, 6) is -0.965. The second kappa shape index (κ2) is 6.93. The van der Waals surface area contributed by atoms with Crippen molar-refractivity contribution in [2.75, 3.05) is 12.3 Å². The Hall–Kier alpha value is -2.05. The number of nitrogens with one attached hydrogen (secondary N) is 1. The maximum absolute atomic E-state index is 12.0. The molecule has 1 rings (SSSR count). The van der Waals surface area contributed by atoms with Gasteiger partial charge < -0.3 is 15.8 Å². The van der Waals surface area contributed by atoms with Crippen molar-refractivity contribution in [2.45, 2.75) is 39.7 Å². The molecule has 0 radical (unpaired) electrons. The van der Waals surface area contributed by atoms with Crippen LogP contribution in [0.15, 0.2) is 0 Å². The van der Waals surface area contributed by atoms with Crippen molar-refractivity contribution in [3.05, 3.63) is 11.4 Å². The quantitative estimate of drug-likeness (QED) is 0.593. The Bertz CT molecular complexity index is 496. The molecular formula is C13H22N4O3. The van der Waals surface area contributed by atoms with E-state index in [1.54, 1.807) is 14.0 Å². The number of esters is 1. The van der Waals surface area contributed by atoms with Crippen molar-refractivity contribution in [1.29, 1.82) is 0 Å². The minimum Gasteiger partial charge on any atom is -0.448 e. The molecule has 1 unspecified atom stereocenters. The first-order chi connectivity index (χ1) is 9.38. The zero-order valence-electron chi connectivity index (χ0n) is 12.4. The third kappa shape index (κ3) is 3.72. The molecule has 0 aliphatic rings. The largest absolute Gasteiger partial charge is 0.448 e. The summed E-state index contributed by atoms with van der Waals surface area (Å²) in [6.45, 7) is 5.83. The summed E-state index contributed by atoms with van der Waals surface area (Å²) in [5, 5.41) is 6.74. The summed E-state index contributed by atoms with van der Waals surface area (Å²) in [5.41, 5.74) is 6.76. The Kier molecular flexibility index (Phi) is 5.54. The predicted octanol–water partition coefficient (Wildman–Crippen LogP) is 0.772. The Balaban J connectivity index is 2.63. The Morgan fingerprint density at radius 2 is 2.15 bits per heavy atom. The second-order valence-corrected chi connectivity index (χ2v) is 4.66. The molecule has 1 atom stereocenters. The first-order valence-electron chi connectivity index (χ1n) is 6.66. The van der Waals surface area contributed by atoms with Crippen LogP contribution in [0.3, 0.4) is 0 Å². The van der Waals surface area contributed by atoms with Crippen molar-refractivity contribution >= 4 is 17.6 Å². The fourth-order valence-corrected chi connectivity index (χ4v) is 1.72. The average Bonchev–Trinajstić information content (AvgIpc) is 2.63. The number of carbonyl (C=O) groups is 2. The van der Waals surface area contributed by atoms with Gasteiger partial charge in [0.2, 0.25) is 0 Å². The first-order valence-corrected chi connectivity index (χ1v) is 6.66. The highest BCUT2D eigenvalue weighted by Gasteiger charge is 2.24. The lowest BCUT2D eigenvalue weighted by Gasteiger charge is -2.13. The number of hydrogen-bond acceptors (Lipinski definition) is 5. The zero-order valence-corrected chi connectivity index (χ0v) is 12.4. The van der Waals surface area contributed by atoms with Crippen LogP contribution in [0.25, 0.3) is 0 Å². The highest BCUT2D eigenvalue weighted by Crippen LogP contribution is 2.16. The molecule has 20 heavy (non-hydrogen) atoms. The molecule has 0 bridgehead atoms. The number of nitrogens with two attached hydrogens (primary N) is 1. The van der Waals surface area contributed by atoms with Crippen LogP contribution < -0.4 is 11.1 Å². The van der Waals surface area contributed by atoms with Crippen LogP contribution in [0.4, 0.5) is 5.69 Å². The molecule has 3 N–H and O–H groups in total. The van der Waals surface area contributed by atoms with Gasteiger partial charge in [-0.05, 0) is 20.3 Å². The second-order valence-electron chi connectivity index (χ2n) is 4.66. The molecule has 112 valence electrons. The van der Waals surface area contributed by atoms with Crippen LogP contribution in [0.5, 0.6) is 0 Å². The Morgan fingerprint density at radius 3 is 2.65 bits per heavy atom. The Morgan fingerprint density at radius 1 is 1.50 bits per heavy atom. The lowest BCUT2D eigenvalue weighted by molar-refractivity contribution is -0.129. The van der Waals surface area contributed by atoms with E-state index in [9.17, 15) is 9.59 Å². The number of rotatable bonds is 6. The molecule has 0 aliphatic carbocycles. The smallest absolute Gasteiger partial charge is 0.359 e. The summed E-state index contributed by atoms with van der Waals surface area (Å²) in [6.07, 6.45) is 1.01. The standard InChI is InChI=1S/C13H22N4O3/c1-5-6-7-15-12(18)9(3)20-13(19)11-10(14)8(2)16-17(11)4/h9H,5-7,14H2,1-4H3,(H,15,18). The van der Waals surface area contributed by atoms with Crippen LogP contribution in [-0.4, -0.2) is 34.3 Å². The van der Waals surface area contributed by atoms with Gasteiger partial charge in [-0.1, -0.05) is 13.3 Å². The van der Waals surface area contributed by atoms with Gasteiger partial charge in [-0.2, -0.15) is 5.10 Å². The fraction of sp³-hybridized carbons (Fsp3) is 0.615. The van der Waals surface area contributed by atoms with E-state index in [4.69, 9.17) is 10.5 Å². The number of nitrogen functional groups attached to an aromatic ring is 1.